The van der Waals surface area contributed by atoms with Crippen molar-refractivity contribution >= 4 is 5.78 Å². The Balaban J connectivity index is 0.00000106. The van der Waals surface area contributed by atoms with Crippen molar-refractivity contribution in [2.45, 2.75) is 25.9 Å². The number of hydrogen-bond acceptors (Lipinski definition) is 2. The lowest BCUT2D eigenvalue weighted by atomic mass is 9.97. The van der Waals surface area contributed by atoms with E-state index in [-0.39, 0.29) is 5.78 Å². The Morgan fingerprint density at radius 1 is 1.25 bits per heavy atom. The highest BCUT2D eigenvalue weighted by Gasteiger charge is 2.26. The van der Waals surface area contributed by atoms with Crippen molar-refractivity contribution in [1.29, 1.82) is 0 Å². The third kappa shape index (κ3) is 4.29. The lowest BCUT2D eigenvalue weighted by Gasteiger charge is -2.20. The Morgan fingerprint density at radius 3 is 2.19 bits per heavy atom. The number of carbonyl (C=O) groups excluding carboxylic acids is 1. The van der Waals surface area contributed by atoms with Crippen LogP contribution in [0.15, 0.2) is 30.3 Å². The van der Waals surface area contributed by atoms with Gasteiger partial charge in [0.25, 0.3) is 0 Å². The first-order chi connectivity index (χ1) is 7.56. The minimum Gasteiger partial charge on any atom is -0.371 e. The number of ether oxygens (including phenoxy) is 1. The van der Waals surface area contributed by atoms with Crippen molar-refractivity contribution in [3.8, 4) is 12.8 Å². The molecule has 86 valence electrons. The van der Waals surface area contributed by atoms with Crippen LogP contribution in [0.25, 0.3) is 0 Å². The third-order valence-electron chi connectivity index (χ3n) is 2.39. The maximum Gasteiger partial charge on any atom is 0.168 e. The van der Waals surface area contributed by atoms with Gasteiger partial charge in [0, 0.05) is 13.5 Å². The van der Waals surface area contributed by atoms with Crippen LogP contribution in [0, 0.1) is 12.8 Å². The van der Waals surface area contributed by atoms with Crippen LogP contribution >= 0.6 is 0 Å². The lowest BCUT2D eigenvalue weighted by molar-refractivity contribution is -0.136. The molecule has 0 spiro atoms. The topological polar surface area (TPSA) is 26.3 Å². The molecule has 0 aromatic heterocycles. The molecule has 2 heteroatoms. The molecule has 0 atom stereocenters. The predicted molar refractivity (Wildman–Crippen MR) is 66.1 cm³/mol. The van der Waals surface area contributed by atoms with Crippen LogP contribution in [0.2, 0.25) is 0 Å². The standard InChI is InChI=1S/C12H16O2.C2H2/c1-12(2,14-3)11(13)9-10-7-5-4-6-8-10;1-2/h4-8H,9H2,1-3H3;1-2H. The number of Topliss-reactive ketones (excluding diaryl/α,β-unsaturated/α-hetero) is 1. The summed E-state index contributed by atoms with van der Waals surface area (Å²) in [5.74, 6) is 0.103. The lowest BCUT2D eigenvalue weighted by Crippen LogP contribution is -2.35. The van der Waals surface area contributed by atoms with Gasteiger partial charge in [-0.3, -0.25) is 4.79 Å². The summed E-state index contributed by atoms with van der Waals surface area (Å²) in [7, 11) is 1.56. The summed E-state index contributed by atoms with van der Waals surface area (Å²) >= 11 is 0. The molecule has 0 aliphatic carbocycles. The van der Waals surface area contributed by atoms with Crippen LogP contribution in [0.5, 0.6) is 0 Å². The third-order valence-corrected chi connectivity index (χ3v) is 2.39. The van der Waals surface area contributed by atoms with E-state index in [4.69, 9.17) is 4.74 Å². The average molecular weight is 218 g/mol. The largest absolute Gasteiger partial charge is 0.371 e. The SMILES string of the molecule is C#C.COC(C)(C)C(=O)Cc1ccccc1. The van der Waals surface area contributed by atoms with E-state index in [1.54, 1.807) is 21.0 Å². The van der Waals surface area contributed by atoms with Crippen molar-refractivity contribution < 1.29 is 9.53 Å². The predicted octanol–water partition coefficient (Wildman–Crippen LogP) is 2.47. The zero-order valence-electron chi connectivity index (χ0n) is 10.1. The molecule has 0 fully saturated rings. The Kier molecular flexibility index (Phi) is 6.14. The van der Waals surface area contributed by atoms with E-state index in [0.717, 1.165) is 5.56 Å². The summed E-state index contributed by atoms with van der Waals surface area (Å²) in [5, 5.41) is 0. The van der Waals surface area contributed by atoms with Gasteiger partial charge in [-0.15, -0.1) is 12.8 Å². The molecule has 0 aliphatic rings. The van der Waals surface area contributed by atoms with Crippen LogP contribution in [0.3, 0.4) is 0 Å². The molecule has 0 aliphatic heterocycles. The molecule has 1 rings (SSSR count). The van der Waals surface area contributed by atoms with Gasteiger partial charge in [0.05, 0.1) is 0 Å². The second-order valence-electron chi connectivity index (χ2n) is 3.80. The second kappa shape index (κ2) is 6.81. The fraction of sp³-hybridized carbons (Fsp3) is 0.357. The van der Waals surface area contributed by atoms with Gasteiger partial charge in [-0.05, 0) is 19.4 Å². The van der Waals surface area contributed by atoms with E-state index in [9.17, 15) is 4.79 Å². The van der Waals surface area contributed by atoms with Crippen LogP contribution < -0.4 is 0 Å². The average Bonchev–Trinajstić information content (AvgIpc) is 2.33. The molecule has 0 saturated carbocycles. The van der Waals surface area contributed by atoms with Gasteiger partial charge < -0.3 is 4.74 Å². The van der Waals surface area contributed by atoms with E-state index >= 15 is 0 Å². The van der Waals surface area contributed by atoms with Crippen molar-refractivity contribution in [3.05, 3.63) is 35.9 Å². The van der Waals surface area contributed by atoms with E-state index in [1.807, 2.05) is 30.3 Å². The van der Waals surface area contributed by atoms with Gasteiger partial charge in [-0.25, -0.2) is 0 Å². The van der Waals surface area contributed by atoms with Gasteiger partial charge in [0.2, 0.25) is 0 Å². The van der Waals surface area contributed by atoms with Gasteiger partial charge in [0.1, 0.15) is 5.60 Å². The van der Waals surface area contributed by atoms with Crippen LogP contribution in [0.1, 0.15) is 19.4 Å². The summed E-state index contributed by atoms with van der Waals surface area (Å²) in [4.78, 5) is 11.7. The molecule has 0 amide bonds. The number of rotatable bonds is 4. The van der Waals surface area contributed by atoms with E-state index in [2.05, 4.69) is 12.8 Å². The van der Waals surface area contributed by atoms with Crippen LogP contribution in [-0.4, -0.2) is 18.5 Å². The first kappa shape index (κ1) is 14.4. The normalized spacial score (nSPS) is 10.1. The van der Waals surface area contributed by atoms with Crippen LogP contribution in [0.4, 0.5) is 0 Å². The van der Waals surface area contributed by atoms with Crippen LogP contribution in [-0.2, 0) is 16.0 Å². The first-order valence-electron chi connectivity index (χ1n) is 5.02. The molecule has 0 N–H and O–H groups in total. The summed E-state index contributed by atoms with van der Waals surface area (Å²) in [6.45, 7) is 3.58. The second-order valence-corrected chi connectivity index (χ2v) is 3.80. The fourth-order valence-electron chi connectivity index (χ4n) is 1.11. The minimum atomic E-state index is -0.685. The molecule has 0 heterocycles. The highest BCUT2D eigenvalue weighted by molar-refractivity contribution is 5.88. The molecule has 0 radical (unpaired) electrons. The van der Waals surface area contributed by atoms with Crippen molar-refractivity contribution in [2.24, 2.45) is 0 Å². The molecular weight excluding hydrogens is 200 g/mol. The van der Waals surface area contributed by atoms with Crippen molar-refractivity contribution in [3.63, 3.8) is 0 Å². The van der Waals surface area contributed by atoms with E-state index < -0.39 is 5.60 Å². The van der Waals surface area contributed by atoms with E-state index in [1.165, 1.54) is 0 Å². The van der Waals surface area contributed by atoms with Crippen molar-refractivity contribution in [2.75, 3.05) is 7.11 Å². The number of carbonyl (C=O) groups is 1. The Hall–Kier alpha value is -1.59. The maximum absolute atomic E-state index is 11.7. The Morgan fingerprint density at radius 2 is 1.75 bits per heavy atom. The molecule has 0 bridgehead atoms. The minimum absolute atomic E-state index is 0.103. The van der Waals surface area contributed by atoms with Gasteiger partial charge in [0.15, 0.2) is 5.78 Å². The molecular formula is C14H18O2. The molecule has 0 saturated heterocycles. The molecule has 1 aromatic rings. The smallest absolute Gasteiger partial charge is 0.168 e. The number of benzene rings is 1. The first-order valence-corrected chi connectivity index (χ1v) is 5.02. The summed E-state index contributed by atoms with van der Waals surface area (Å²) in [6.07, 6.45) is 8.43. The summed E-state index contributed by atoms with van der Waals surface area (Å²) in [5.41, 5.74) is 0.346. The number of methoxy groups -OCH3 is 1. The molecule has 2 nitrogen and oxygen atoms in total. The van der Waals surface area contributed by atoms with E-state index in [0.29, 0.717) is 6.42 Å². The summed E-state index contributed by atoms with van der Waals surface area (Å²) < 4.78 is 5.12. The zero-order valence-corrected chi connectivity index (χ0v) is 10.1. The van der Waals surface area contributed by atoms with Gasteiger partial charge in [-0.1, -0.05) is 30.3 Å². The quantitative estimate of drug-likeness (QED) is 0.726. The molecule has 16 heavy (non-hydrogen) atoms. The maximum atomic E-state index is 11.7. The number of ketones is 1. The highest BCUT2D eigenvalue weighted by atomic mass is 16.5. The molecule has 1 aromatic carbocycles. The summed E-state index contributed by atoms with van der Waals surface area (Å²) in [6, 6.07) is 9.70. The van der Waals surface area contributed by atoms with Crippen molar-refractivity contribution in [1.82, 2.24) is 0 Å². The van der Waals surface area contributed by atoms with Gasteiger partial charge >= 0.3 is 0 Å². The Labute approximate surface area is 97.6 Å². The highest BCUT2D eigenvalue weighted by Crippen LogP contribution is 2.12. The Bertz CT molecular complexity index is 336. The zero-order chi connectivity index (χ0) is 12.6. The number of terminal acetylenes is 1. The monoisotopic (exact) mass is 218 g/mol. The fourth-order valence-corrected chi connectivity index (χ4v) is 1.11. The van der Waals surface area contributed by atoms with Gasteiger partial charge in [-0.2, -0.15) is 0 Å². The molecule has 0 unspecified atom stereocenters. The number of hydrogen-bond donors (Lipinski definition) is 0.